The number of ether oxygens (including phenoxy) is 1. The molecule has 2 aromatic heterocycles. The Morgan fingerprint density at radius 1 is 0.963 bits per heavy atom. The van der Waals surface area contributed by atoms with E-state index in [4.69, 9.17) is 4.74 Å². The largest absolute Gasteiger partial charge is 0.457 e. The molecular formula is C22H21N3O2. The molecule has 0 saturated carbocycles. The second-order valence-corrected chi connectivity index (χ2v) is 6.26. The van der Waals surface area contributed by atoms with Crippen molar-refractivity contribution in [1.29, 1.82) is 0 Å². The number of carbonyl (C=O) groups is 1. The monoisotopic (exact) mass is 359 g/mol. The minimum Gasteiger partial charge on any atom is -0.457 e. The molecule has 1 aromatic carbocycles. The van der Waals surface area contributed by atoms with Crippen LogP contribution in [0.2, 0.25) is 0 Å². The van der Waals surface area contributed by atoms with Crippen LogP contribution in [-0.4, -0.2) is 21.9 Å². The Morgan fingerprint density at radius 2 is 1.78 bits per heavy atom. The van der Waals surface area contributed by atoms with Gasteiger partial charge in [-0.2, -0.15) is 0 Å². The molecule has 0 aliphatic rings. The van der Waals surface area contributed by atoms with Gasteiger partial charge < -0.3 is 10.1 Å². The number of nitrogens with zero attached hydrogens (tertiary/aromatic N) is 2. The minimum atomic E-state index is -0.217. The van der Waals surface area contributed by atoms with Gasteiger partial charge in [0, 0.05) is 24.5 Å². The maximum absolute atomic E-state index is 12.1. The van der Waals surface area contributed by atoms with E-state index in [1.807, 2.05) is 68.5 Å². The van der Waals surface area contributed by atoms with Gasteiger partial charge in [0.25, 0.3) is 5.91 Å². The second kappa shape index (κ2) is 8.76. The first-order valence-electron chi connectivity index (χ1n) is 8.74. The molecule has 1 N–H and O–H groups in total. The fourth-order valence-electron chi connectivity index (χ4n) is 2.37. The van der Waals surface area contributed by atoms with Crippen molar-refractivity contribution >= 4 is 18.1 Å². The molecule has 0 atom stereocenters. The van der Waals surface area contributed by atoms with Gasteiger partial charge in [-0.3, -0.25) is 14.8 Å². The predicted molar refractivity (Wildman–Crippen MR) is 107 cm³/mol. The lowest BCUT2D eigenvalue weighted by Gasteiger charge is -2.09. The van der Waals surface area contributed by atoms with Crippen LogP contribution in [0.4, 0.5) is 0 Å². The van der Waals surface area contributed by atoms with E-state index < -0.39 is 0 Å². The molecule has 0 spiro atoms. The highest BCUT2D eigenvalue weighted by molar-refractivity contribution is 5.92. The zero-order valence-corrected chi connectivity index (χ0v) is 15.3. The molecule has 0 aliphatic carbocycles. The molecule has 3 aromatic rings. The molecule has 27 heavy (non-hydrogen) atoms. The van der Waals surface area contributed by atoms with Gasteiger partial charge in [0.15, 0.2) is 0 Å². The molecule has 5 nitrogen and oxygen atoms in total. The Hall–Kier alpha value is -3.47. The van der Waals surface area contributed by atoms with Crippen molar-refractivity contribution in [3.8, 4) is 11.5 Å². The van der Waals surface area contributed by atoms with Gasteiger partial charge in [-0.1, -0.05) is 24.3 Å². The van der Waals surface area contributed by atoms with Crippen LogP contribution in [0.15, 0.2) is 67.0 Å². The molecule has 0 unspecified atom stereocenters. The van der Waals surface area contributed by atoms with Crippen LogP contribution in [0.5, 0.6) is 11.5 Å². The molecule has 1 amide bonds. The van der Waals surface area contributed by atoms with Gasteiger partial charge >= 0.3 is 0 Å². The number of aromatic nitrogens is 2. The normalized spacial score (nSPS) is 10.9. The van der Waals surface area contributed by atoms with Crippen LogP contribution >= 0.6 is 0 Å². The maximum atomic E-state index is 12.1. The van der Waals surface area contributed by atoms with Crippen LogP contribution in [0.1, 0.15) is 35.6 Å². The lowest BCUT2D eigenvalue weighted by atomic mass is 10.2. The molecule has 0 saturated heterocycles. The molecule has 0 radical (unpaired) electrons. The van der Waals surface area contributed by atoms with E-state index in [0.717, 1.165) is 11.3 Å². The smallest absolute Gasteiger partial charge is 0.270 e. The first kappa shape index (κ1) is 18.3. The number of pyridine rings is 2. The summed E-state index contributed by atoms with van der Waals surface area (Å²) in [5.41, 5.74) is 2.28. The number of carbonyl (C=O) groups excluding carboxylic acids is 1. The Morgan fingerprint density at radius 3 is 2.48 bits per heavy atom. The average Bonchev–Trinajstić information content (AvgIpc) is 2.68. The Balaban J connectivity index is 1.66. The number of amides is 1. The highest BCUT2D eigenvalue weighted by atomic mass is 16.5. The zero-order chi connectivity index (χ0) is 19.1. The molecule has 2 heterocycles. The fraction of sp³-hybridized carbons (Fsp3) is 0.136. The molecule has 5 heteroatoms. The number of rotatable bonds is 6. The zero-order valence-electron chi connectivity index (χ0n) is 15.3. The van der Waals surface area contributed by atoms with E-state index in [9.17, 15) is 4.79 Å². The molecule has 0 aliphatic heterocycles. The van der Waals surface area contributed by atoms with E-state index in [2.05, 4.69) is 15.3 Å². The number of nitrogens with one attached hydrogen (secondary N) is 1. The highest BCUT2D eigenvalue weighted by Gasteiger charge is 2.09. The van der Waals surface area contributed by atoms with Crippen molar-refractivity contribution in [2.75, 3.05) is 0 Å². The number of hydrogen-bond donors (Lipinski definition) is 1. The van der Waals surface area contributed by atoms with Gasteiger partial charge in [0.05, 0.1) is 5.69 Å². The Bertz CT molecular complexity index is 920. The van der Waals surface area contributed by atoms with Crippen molar-refractivity contribution in [2.24, 2.45) is 0 Å². The second-order valence-electron chi connectivity index (χ2n) is 6.26. The maximum Gasteiger partial charge on any atom is 0.270 e. The molecule has 3 rings (SSSR count). The first-order chi connectivity index (χ1) is 13.1. The highest BCUT2D eigenvalue weighted by Crippen LogP contribution is 2.22. The van der Waals surface area contributed by atoms with Crippen LogP contribution < -0.4 is 10.1 Å². The lowest BCUT2D eigenvalue weighted by molar-refractivity contribution is 0.0937. The van der Waals surface area contributed by atoms with Crippen LogP contribution in [0.3, 0.4) is 0 Å². The molecular weight excluding hydrogens is 338 g/mol. The SMILES string of the molecule is CC(C)NC(=O)c1cc(Oc2ccc(/C=C/c3ccccn3)cc2)ccn1. The molecule has 136 valence electrons. The topological polar surface area (TPSA) is 64.1 Å². The van der Waals surface area contributed by atoms with E-state index >= 15 is 0 Å². The first-order valence-corrected chi connectivity index (χ1v) is 8.74. The summed E-state index contributed by atoms with van der Waals surface area (Å²) in [4.78, 5) is 20.4. The predicted octanol–water partition coefficient (Wildman–Crippen LogP) is 4.58. The Labute approximate surface area is 158 Å². The lowest BCUT2D eigenvalue weighted by Crippen LogP contribution is -2.30. The number of hydrogen-bond acceptors (Lipinski definition) is 4. The van der Waals surface area contributed by atoms with Crippen molar-refractivity contribution in [3.63, 3.8) is 0 Å². The van der Waals surface area contributed by atoms with E-state index in [1.54, 1.807) is 24.5 Å². The molecule has 0 bridgehead atoms. The van der Waals surface area contributed by atoms with Crippen LogP contribution in [0, 0.1) is 0 Å². The summed E-state index contributed by atoms with van der Waals surface area (Å²) in [7, 11) is 0. The van der Waals surface area contributed by atoms with E-state index in [-0.39, 0.29) is 11.9 Å². The quantitative estimate of drug-likeness (QED) is 0.700. The van der Waals surface area contributed by atoms with Gasteiger partial charge in [-0.25, -0.2) is 0 Å². The van der Waals surface area contributed by atoms with Crippen molar-refractivity contribution in [1.82, 2.24) is 15.3 Å². The van der Waals surface area contributed by atoms with Crippen LogP contribution in [0.25, 0.3) is 12.2 Å². The summed E-state index contributed by atoms with van der Waals surface area (Å²) >= 11 is 0. The minimum absolute atomic E-state index is 0.0514. The third kappa shape index (κ3) is 5.51. The molecule has 0 fully saturated rings. The van der Waals surface area contributed by atoms with Crippen molar-refractivity contribution in [2.45, 2.75) is 19.9 Å². The summed E-state index contributed by atoms with van der Waals surface area (Å²) in [6.07, 6.45) is 7.28. The van der Waals surface area contributed by atoms with Crippen molar-refractivity contribution in [3.05, 3.63) is 83.9 Å². The van der Waals surface area contributed by atoms with E-state index in [1.165, 1.54) is 0 Å². The summed E-state index contributed by atoms with van der Waals surface area (Å²) in [6.45, 7) is 3.81. The summed E-state index contributed by atoms with van der Waals surface area (Å²) in [6, 6.07) is 16.9. The third-order valence-corrected chi connectivity index (χ3v) is 3.63. The Kier molecular flexibility index (Phi) is 5.94. The van der Waals surface area contributed by atoms with E-state index in [0.29, 0.717) is 17.2 Å². The third-order valence-electron chi connectivity index (χ3n) is 3.63. The van der Waals surface area contributed by atoms with Gasteiger partial charge in [-0.15, -0.1) is 0 Å². The van der Waals surface area contributed by atoms with Gasteiger partial charge in [-0.05, 0) is 55.8 Å². The van der Waals surface area contributed by atoms with Gasteiger partial charge in [0.2, 0.25) is 0 Å². The summed E-state index contributed by atoms with van der Waals surface area (Å²) < 4.78 is 5.84. The fourth-order valence-corrected chi connectivity index (χ4v) is 2.37. The van der Waals surface area contributed by atoms with Crippen LogP contribution in [-0.2, 0) is 0 Å². The average molecular weight is 359 g/mol. The summed E-state index contributed by atoms with van der Waals surface area (Å²) in [5, 5.41) is 2.82. The van der Waals surface area contributed by atoms with Gasteiger partial charge in [0.1, 0.15) is 17.2 Å². The standard InChI is InChI=1S/C22H21N3O2/c1-16(2)25-22(26)21-15-20(12-14-24-21)27-19-10-7-17(8-11-19)6-9-18-5-3-4-13-23-18/h3-16H,1-2H3,(H,25,26)/b9-6+. The number of benzene rings is 1. The van der Waals surface area contributed by atoms with Crippen molar-refractivity contribution < 1.29 is 9.53 Å². The summed E-state index contributed by atoms with van der Waals surface area (Å²) in [5.74, 6) is 1.03.